The lowest BCUT2D eigenvalue weighted by Gasteiger charge is -2.25. The van der Waals surface area contributed by atoms with E-state index in [1.54, 1.807) is 11.3 Å². The Bertz CT molecular complexity index is 420. The molecule has 0 bridgehead atoms. The zero-order valence-electron chi connectivity index (χ0n) is 11.8. The Morgan fingerprint density at radius 2 is 2.26 bits per heavy atom. The van der Waals surface area contributed by atoms with Crippen molar-refractivity contribution >= 4 is 17.2 Å². The molecule has 3 nitrogen and oxygen atoms in total. The van der Waals surface area contributed by atoms with Crippen LogP contribution in [0.4, 0.5) is 0 Å². The standard InChI is InChI=1S/C15H23NO2S/c1-3-9-16-14(17)12-5-6-13(19-12)15(2)7-4-10-18-11-8-15/h5-6H,3-4,7-11H2,1-2H3,(H,16,17). The lowest BCUT2D eigenvalue weighted by atomic mass is 9.81. The molecule has 0 radical (unpaired) electrons. The number of carbonyl (C=O) groups excluding carboxylic acids is 1. The van der Waals surface area contributed by atoms with Crippen LogP contribution in [0.2, 0.25) is 0 Å². The molecule has 1 unspecified atom stereocenters. The van der Waals surface area contributed by atoms with Crippen molar-refractivity contribution in [2.45, 2.75) is 44.9 Å². The molecule has 1 aliphatic heterocycles. The monoisotopic (exact) mass is 281 g/mol. The maximum atomic E-state index is 11.9. The summed E-state index contributed by atoms with van der Waals surface area (Å²) in [4.78, 5) is 14.1. The third-order valence-electron chi connectivity index (χ3n) is 3.78. The first-order chi connectivity index (χ1) is 9.15. The Balaban J connectivity index is 2.08. The SMILES string of the molecule is CCCNC(=O)c1ccc(C2(C)CCCOCC2)s1. The zero-order valence-corrected chi connectivity index (χ0v) is 12.6. The Kier molecular flexibility index (Phi) is 4.99. The van der Waals surface area contributed by atoms with Crippen LogP contribution in [0.5, 0.6) is 0 Å². The second-order valence-electron chi connectivity index (χ2n) is 5.45. The second kappa shape index (κ2) is 6.53. The number of hydrogen-bond acceptors (Lipinski definition) is 3. The molecular weight excluding hydrogens is 258 g/mol. The van der Waals surface area contributed by atoms with Gasteiger partial charge in [-0.15, -0.1) is 11.3 Å². The maximum absolute atomic E-state index is 11.9. The molecule has 0 saturated carbocycles. The quantitative estimate of drug-likeness (QED) is 0.919. The van der Waals surface area contributed by atoms with E-state index in [4.69, 9.17) is 4.74 Å². The van der Waals surface area contributed by atoms with E-state index >= 15 is 0 Å². The van der Waals surface area contributed by atoms with Crippen LogP contribution in [0.3, 0.4) is 0 Å². The van der Waals surface area contributed by atoms with Crippen LogP contribution in [0.25, 0.3) is 0 Å². The average Bonchev–Trinajstić information content (AvgIpc) is 2.81. The van der Waals surface area contributed by atoms with Gasteiger partial charge in [-0.2, -0.15) is 0 Å². The van der Waals surface area contributed by atoms with Gasteiger partial charge in [-0.1, -0.05) is 13.8 Å². The van der Waals surface area contributed by atoms with Gasteiger partial charge in [0.1, 0.15) is 0 Å². The van der Waals surface area contributed by atoms with Crippen molar-refractivity contribution in [3.63, 3.8) is 0 Å². The molecule has 0 aromatic carbocycles. The predicted molar refractivity (Wildman–Crippen MR) is 79.0 cm³/mol. The highest BCUT2D eigenvalue weighted by Gasteiger charge is 2.30. The summed E-state index contributed by atoms with van der Waals surface area (Å²) in [5, 5.41) is 2.94. The Labute approximate surface area is 119 Å². The summed E-state index contributed by atoms with van der Waals surface area (Å²) in [5.74, 6) is 0.0616. The lowest BCUT2D eigenvalue weighted by Crippen LogP contribution is -2.23. The predicted octanol–water partition coefficient (Wildman–Crippen LogP) is 3.35. The van der Waals surface area contributed by atoms with Gasteiger partial charge < -0.3 is 10.1 Å². The first-order valence-electron chi connectivity index (χ1n) is 7.12. The molecule has 2 rings (SSSR count). The van der Waals surface area contributed by atoms with Crippen molar-refractivity contribution in [3.05, 3.63) is 21.9 Å². The molecule has 1 aromatic rings. The molecule has 0 spiro atoms. The maximum Gasteiger partial charge on any atom is 0.261 e. The van der Waals surface area contributed by atoms with E-state index in [1.807, 2.05) is 6.07 Å². The van der Waals surface area contributed by atoms with Crippen molar-refractivity contribution in [2.75, 3.05) is 19.8 Å². The van der Waals surface area contributed by atoms with Crippen LogP contribution in [-0.4, -0.2) is 25.7 Å². The molecule has 106 valence electrons. The highest BCUT2D eigenvalue weighted by Crippen LogP contribution is 2.38. The minimum Gasteiger partial charge on any atom is -0.381 e. The van der Waals surface area contributed by atoms with Gasteiger partial charge in [0, 0.05) is 30.1 Å². The molecule has 4 heteroatoms. The minimum atomic E-state index is 0.0616. The van der Waals surface area contributed by atoms with Crippen LogP contribution < -0.4 is 5.32 Å². The fourth-order valence-electron chi connectivity index (χ4n) is 2.45. The largest absolute Gasteiger partial charge is 0.381 e. The molecule has 1 N–H and O–H groups in total. The summed E-state index contributed by atoms with van der Waals surface area (Å²) in [6.45, 7) is 6.79. The number of ether oxygens (including phenoxy) is 1. The van der Waals surface area contributed by atoms with Crippen molar-refractivity contribution < 1.29 is 9.53 Å². The van der Waals surface area contributed by atoms with Crippen LogP contribution in [-0.2, 0) is 10.2 Å². The Morgan fingerprint density at radius 1 is 1.42 bits per heavy atom. The van der Waals surface area contributed by atoms with Gasteiger partial charge in [-0.3, -0.25) is 4.79 Å². The van der Waals surface area contributed by atoms with Crippen LogP contribution in [0.15, 0.2) is 12.1 Å². The van der Waals surface area contributed by atoms with E-state index in [1.165, 1.54) is 4.88 Å². The third kappa shape index (κ3) is 3.57. The first kappa shape index (κ1) is 14.5. The van der Waals surface area contributed by atoms with Gasteiger partial charge in [-0.05, 0) is 37.8 Å². The molecule has 19 heavy (non-hydrogen) atoms. The van der Waals surface area contributed by atoms with Gasteiger partial charge in [0.25, 0.3) is 5.91 Å². The summed E-state index contributed by atoms with van der Waals surface area (Å²) in [6.07, 6.45) is 4.26. The highest BCUT2D eigenvalue weighted by atomic mass is 32.1. The van der Waals surface area contributed by atoms with E-state index in [2.05, 4.69) is 25.2 Å². The van der Waals surface area contributed by atoms with Gasteiger partial charge in [-0.25, -0.2) is 0 Å². The molecule has 1 amide bonds. The number of amides is 1. The van der Waals surface area contributed by atoms with Gasteiger partial charge in [0.15, 0.2) is 0 Å². The summed E-state index contributed by atoms with van der Waals surface area (Å²) >= 11 is 1.64. The van der Waals surface area contributed by atoms with Gasteiger partial charge in [0.2, 0.25) is 0 Å². The van der Waals surface area contributed by atoms with E-state index in [-0.39, 0.29) is 11.3 Å². The summed E-state index contributed by atoms with van der Waals surface area (Å²) in [6, 6.07) is 4.08. The van der Waals surface area contributed by atoms with Crippen LogP contribution in [0, 0.1) is 0 Å². The normalized spacial score (nSPS) is 23.9. The fourth-order valence-corrected chi connectivity index (χ4v) is 3.57. The van der Waals surface area contributed by atoms with Crippen LogP contribution >= 0.6 is 11.3 Å². The highest BCUT2D eigenvalue weighted by molar-refractivity contribution is 7.14. The van der Waals surface area contributed by atoms with Crippen molar-refractivity contribution in [3.8, 4) is 0 Å². The molecule has 1 aromatic heterocycles. The first-order valence-corrected chi connectivity index (χ1v) is 7.93. The van der Waals surface area contributed by atoms with Crippen molar-refractivity contribution in [1.29, 1.82) is 0 Å². The summed E-state index contributed by atoms with van der Waals surface area (Å²) in [5.41, 5.74) is 0.171. The fraction of sp³-hybridized carbons (Fsp3) is 0.667. The number of carbonyl (C=O) groups is 1. The van der Waals surface area contributed by atoms with Gasteiger partial charge in [0.05, 0.1) is 4.88 Å². The molecular formula is C15H23NO2S. The minimum absolute atomic E-state index is 0.0616. The molecule has 2 heterocycles. The van der Waals surface area contributed by atoms with E-state index in [9.17, 15) is 4.79 Å². The number of rotatable bonds is 4. The molecule has 1 saturated heterocycles. The van der Waals surface area contributed by atoms with E-state index < -0.39 is 0 Å². The van der Waals surface area contributed by atoms with Crippen molar-refractivity contribution in [1.82, 2.24) is 5.32 Å². The molecule has 1 atom stereocenters. The topological polar surface area (TPSA) is 38.3 Å². The lowest BCUT2D eigenvalue weighted by molar-refractivity contribution is 0.0957. The van der Waals surface area contributed by atoms with E-state index in [0.29, 0.717) is 0 Å². The van der Waals surface area contributed by atoms with Crippen LogP contribution in [0.1, 0.15) is 54.1 Å². The number of thiophene rings is 1. The molecule has 1 fully saturated rings. The Morgan fingerprint density at radius 3 is 3.05 bits per heavy atom. The summed E-state index contributed by atoms with van der Waals surface area (Å²) < 4.78 is 5.54. The smallest absolute Gasteiger partial charge is 0.261 e. The third-order valence-corrected chi connectivity index (χ3v) is 5.17. The number of hydrogen-bond donors (Lipinski definition) is 1. The second-order valence-corrected chi connectivity index (χ2v) is 6.53. The molecule has 1 aliphatic rings. The van der Waals surface area contributed by atoms with Crippen molar-refractivity contribution in [2.24, 2.45) is 0 Å². The van der Waals surface area contributed by atoms with Gasteiger partial charge >= 0.3 is 0 Å². The number of nitrogens with one attached hydrogen (secondary N) is 1. The molecule has 0 aliphatic carbocycles. The zero-order chi connectivity index (χ0) is 13.7. The van der Waals surface area contributed by atoms with E-state index in [0.717, 1.165) is 50.3 Å². The average molecular weight is 281 g/mol. The summed E-state index contributed by atoms with van der Waals surface area (Å²) in [7, 11) is 0. The Hall–Kier alpha value is -0.870.